The first-order chi connectivity index (χ1) is 5.76. The average molecular weight is 168 g/mol. The van der Waals surface area contributed by atoms with Gasteiger partial charge in [-0.3, -0.25) is 4.79 Å². The van der Waals surface area contributed by atoms with E-state index < -0.39 is 0 Å². The minimum atomic E-state index is -0.162. The normalized spacial score (nSPS) is 9.83. The van der Waals surface area contributed by atoms with Gasteiger partial charge in [-0.15, -0.1) is 0 Å². The Bertz CT molecular complexity index is 306. The predicted octanol–water partition coefficient (Wildman–Crippen LogP) is 0.731. The van der Waals surface area contributed by atoms with E-state index in [1.165, 1.54) is 6.07 Å². The van der Waals surface area contributed by atoms with Crippen molar-refractivity contribution in [3.05, 3.63) is 22.2 Å². The molecule has 0 aliphatic carbocycles. The van der Waals surface area contributed by atoms with E-state index in [1.54, 1.807) is 0 Å². The molecule has 0 saturated carbocycles. The maximum absolute atomic E-state index is 11.0. The average Bonchev–Trinajstić information content (AvgIpc) is 2.04. The first kappa shape index (κ1) is 8.77. The Kier molecular flexibility index (Phi) is 2.85. The summed E-state index contributed by atoms with van der Waals surface area (Å²) < 4.78 is 5.10. The molecule has 0 unspecified atom stereocenters. The Balaban J connectivity index is 2.98. The summed E-state index contributed by atoms with van der Waals surface area (Å²) in [5, 5.41) is 0. The topological polar surface area (TPSA) is 55.0 Å². The van der Waals surface area contributed by atoms with Crippen LogP contribution in [0.5, 0.6) is 5.88 Å². The molecule has 0 bridgehead atoms. The molecule has 0 aromatic carbocycles. The monoisotopic (exact) mass is 168 g/mol. The molecule has 4 heteroatoms. The Morgan fingerprint density at radius 3 is 2.92 bits per heavy atom. The van der Waals surface area contributed by atoms with Gasteiger partial charge in [0.2, 0.25) is 5.88 Å². The molecule has 0 aliphatic heterocycles. The second-order valence-corrected chi connectivity index (χ2v) is 2.32. The second kappa shape index (κ2) is 3.90. The van der Waals surface area contributed by atoms with Crippen molar-refractivity contribution in [3.8, 4) is 5.88 Å². The Hall–Kier alpha value is -1.32. The zero-order chi connectivity index (χ0) is 8.97. The van der Waals surface area contributed by atoms with Crippen molar-refractivity contribution < 1.29 is 4.74 Å². The second-order valence-electron chi connectivity index (χ2n) is 2.32. The smallest absolute Gasteiger partial charge is 0.254 e. The molecule has 1 heterocycles. The number of aryl methyl sites for hydroxylation is 1. The van der Waals surface area contributed by atoms with Gasteiger partial charge >= 0.3 is 0 Å². The molecule has 1 rings (SSSR count). The zero-order valence-electron chi connectivity index (χ0n) is 7.26. The van der Waals surface area contributed by atoms with Gasteiger partial charge in [-0.05, 0) is 6.92 Å². The molecular formula is C8H12N2O2. The van der Waals surface area contributed by atoms with E-state index in [0.717, 1.165) is 0 Å². The van der Waals surface area contributed by atoms with E-state index >= 15 is 0 Å². The van der Waals surface area contributed by atoms with Crippen molar-refractivity contribution in [1.82, 2.24) is 9.97 Å². The summed E-state index contributed by atoms with van der Waals surface area (Å²) in [7, 11) is 0. The first-order valence-electron chi connectivity index (χ1n) is 3.99. The van der Waals surface area contributed by atoms with E-state index in [4.69, 9.17) is 4.74 Å². The third kappa shape index (κ3) is 2.08. The van der Waals surface area contributed by atoms with Crippen LogP contribution in [-0.4, -0.2) is 16.6 Å². The Labute approximate surface area is 70.6 Å². The van der Waals surface area contributed by atoms with Crippen LogP contribution in [0.25, 0.3) is 0 Å². The van der Waals surface area contributed by atoms with Crippen molar-refractivity contribution in [1.29, 1.82) is 0 Å². The summed E-state index contributed by atoms with van der Waals surface area (Å²) in [5.74, 6) is 1.06. The van der Waals surface area contributed by atoms with Crippen molar-refractivity contribution in [2.45, 2.75) is 20.3 Å². The molecule has 0 amide bonds. The molecular weight excluding hydrogens is 156 g/mol. The number of H-pyrrole nitrogens is 1. The molecule has 0 spiro atoms. The van der Waals surface area contributed by atoms with E-state index in [0.29, 0.717) is 24.7 Å². The largest absolute Gasteiger partial charge is 0.478 e. The minimum absolute atomic E-state index is 0.162. The Morgan fingerprint density at radius 1 is 1.58 bits per heavy atom. The molecule has 0 saturated heterocycles. The summed E-state index contributed by atoms with van der Waals surface area (Å²) in [6, 6.07) is 1.35. The first-order valence-corrected chi connectivity index (χ1v) is 3.99. The maximum atomic E-state index is 11.0. The predicted molar refractivity (Wildman–Crippen MR) is 45.4 cm³/mol. The summed E-state index contributed by atoms with van der Waals surface area (Å²) >= 11 is 0. The molecule has 0 radical (unpaired) electrons. The van der Waals surface area contributed by atoms with Gasteiger partial charge in [0.1, 0.15) is 5.82 Å². The van der Waals surface area contributed by atoms with E-state index in [2.05, 4.69) is 9.97 Å². The van der Waals surface area contributed by atoms with Gasteiger partial charge in [-0.25, -0.2) is 4.98 Å². The highest BCUT2D eigenvalue weighted by Gasteiger charge is 1.98. The number of hydrogen-bond donors (Lipinski definition) is 1. The summed E-state index contributed by atoms with van der Waals surface area (Å²) in [6.07, 6.45) is 0.705. The highest BCUT2D eigenvalue weighted by atomic mass is 16.5. The molecule has 0 aliphatic rings. The molecule has 0 atom stereocenters. The fourth-order valence-electron chi connectivity index (χ4n) is 0.873. The number of ether oxygens (including phenoxy) is 1. The van der Waals surface area contributed by atoms with Gasteiger partial charge in [-0.2, -0.15) is 0 Å². The minimum Gasteiger partial charge on any atom is -0.478 e. The fraction of sp³-hybridized carbons (Fsp3) is 0.500. The number of aromatic nitrogens is 2. The summed E-state index contributed by atoms with van der Waals surface area (Å²) in [4.78, 5) is 17.6. The third-order valence-corrected chi connectivity index (χ3v) is 1.39. The molecule has 66 valence electrons. The van der Waals surface area contributed by atoms with Gasteiger partial charge in [0.05, 0.1) is 12.7 Å². The van der Waals surface area contributed by atoms with Crippen LogP contribution in [-0.2, 0) is 6.42 Å². The van der Waals surface area contributed by atoms with Crippen LogP contribution in [0.3, 0.4) is 0 Å². The van der Waals surface area contributed by atoms with Crippen LogP contribution >= 0.6 is 0 Å². The van der Waals surface area contributed by atoms with Gasteiger partial charge in [0.25, 0.3) is 5.56 Å². The van der Waals surface area contributed by atoms with E-state index in [1.807, 2.05) is 13.8 Å². The van der Waals surface area contributed by atoms with Gasteiger partial charge < -0.3 is 9.72 Å². The molecule has 12 heavy (non-hydrogen) atoms. The number of nitrogens with one attached hydrogen (secondary N) is 1. The van der Waals surface area contributed by atoms with Crippen molar-refractivity contribution in [2.75, 3.05) is 6.61 Å². The van der Waals surface area contributed by atoms with Crippen molar-refractivity contribution in [3.63, 3.8) is 0 Å². The lowest BCUT2D eigenvalue weighted by molar-refractivity contribution is 0.324. The lowest BCUT2D eigenvalue weighted by Crippen LogP contribution is -2.11. The van der Waals surface area contributed by atoms with Crippen LogP contribution in [0, 0.1) is 0 Å². The molecule has 1 aromatic rings. The maximum Gasteiger partial charge on any atom is 0.254 e. The van der Waals surface area contributed by atoms with Crippen LogP contribution in [0.1, 0.15) is 19.7 Å². The van der Waals surface area contributed by atoms with Crippen molar-refractivity contribution in [2.24, 2.45) is 0 Å². The van der Waals surface area contributed by atoms with Crippen LogP contribution in [0.2, 0.25) is 0 Å². The highest BCUT2D eigenvalue weighted by molar-refractivity contribution is 5.08. The SMILES string of the molecule is CCOc1cc(=O)[nH]c(CC)n1. The quantitative estimate of drug-likeness (QED) is 0.723. The van der Waals surface area contributed by atoms with Gasteiger partial charge in [0, 0.05) is 6.42 Å². The highest BCUT2D eigenvalue weighted by Crippen LogP contribution is 2.01. The lowest BCUT2D eigenvalue weighted by atomic mass is 10.4. The molecule has 4 nitrogen and oxygen atoms in total. The summed E-state index contributed by atoms with van der Waals surface area (Å²) in [5.41, 5.74) is -0.162. The molecule has 1 N–H and O–H groups in total. The fourth-order valence-corrected chi connectivity index (χ4v) is 0.873. The lowest BCUT2D eigenvalue weighted by Gasteiger charge is -2.01. The van der Waals surface area contributed by atoms with E-state index in [-0.39, 0.29) is 5.56 Å². The zero-order valence-corrected chi connectivity index (χ0v) is 7.26. The van der Waals surface area contributed by atoms with Crippen LogP contribution in [0.4, 0.5) is 0 Å². The Morgan fingerprint density at radius 2 is 2.33 bits per heavy atom. The molecule has 0 fully saturated rings. The number of hydrogen-bond acceptors (Lipinski definition) is 3. The van der Waals surface area contributed by atoms with Crippen molar-refractivity contribution >= 4 is 0 Å². The number of rotatable bonds is 3. The van der Waals surface area contributed by atoms with Gasteiger partial charge in [-0.1, -0.05) is 6.92 Å². The van der Waals surface area contributed by atoms with Crippen LogP contribution < -0.4 is 10.3 Å². The number of nitrogens with zero attached hydrogens (tertiary/aromatic N) is 1. The van der Waals surface area contributed by atoms with Crippen LogP contribution in [0.15, 0.2) is 10.9 Å². The van der Waals surface area contributed by atoms with E-state index in [9.17, 15) is 4.79 Å². The number of aromatic amines is 1. The standard InChI is InChI=1S/C8H12N2O2/c1-3-6-9-7(11)5-8(10-6)12-4-2/h5H,3-4H2,1-2H3,(H,9,10,11). The summed E-state index contributed by atoms with van der Waals surface area (Å²) in [6.45, 7) is 4.31. The molecule has 1 aromatic heterocycles. The van der Waals surface area contributed by atoms with Gasteiger partial charge in [0.15, 0.2) is 0 Å². The third-order valence-electron chi connectivity index (χ3n) is 1.39.